The zero-order valence-electron chi connectivity index (χ0n) is 9.16. The van der Waals surface area contributed by atoms with Crippen molar-refractivity contribution in [2.45, 2.75) is 18.9 Å². The van der Waals surface area contributed by atoms with Crippen LogP contribution in [-0.2, 0) is 19.9 Å². The first-order valence-corrected chi connectivity index (χ1v) is 8.71. The van der Waals surface area contributed by atoms with Crippen molar-refractivity contribution in [3.63, 3.8) is 0 Å². The predicted octanol–water partition coefficient (Wildman–Crippen LogP) is -1.18. The van der Waals surface area contributed by atoms with Gasteiger partial charge in [0.05, 0.1) is 17.6 Å². The van der Waals surface area contributed by atoms with Crippen LogP contribution in [0.3, 0.4) is 0 Å². The van der Waals surface area contributed by atoms with Gasteiger partial charge in [-0.3, -0.25) is 0 Å². The fourth-order valence-electron chi connectivity index (χ4n) is 1.56. The van der Waals surface area contributed by atoms with Gasteiger partial charge >= 0.3 is 0 Å². The summed E-state index contributed by atoms with van der Waals surface area (Å²) in [5.74, 6) is -0.777. The van der Waals surface area contributed by atoms with E-state index >= 15 is 0 Å². The number of aliphatic hydroxyl groups excluding tert-OH is 1. The van der Waals surface area contributed by atoms with Crippen LogP contribution in [0.4, 0.5) is 0 Å². The summed E-state index contributed by atoms with van der Waals surface area (Å²) >= 11 is 0. The number of piperidine rings is 1. The zero-order valence-corrected chi connectivity index (χ0v) is 10.8. The van der Waals surface area contributed by atoms with Gasteiger partial charge in [-0.1, -0.05) is 0 Å². The van der Waals surface area contributed by atoms with Gasteiger partial charge in [-0.25, -0.2) is 16.8 Å². The van der Waals surface area contributed by atoms with Gasteiger partial charge in [-0.05, 0) is 12.8 Å². The average molecular weight is 271 g/mol. The van der Waals surface area contributed by atoms with Gasteiger partial charge in [0.25, 0.3) is 0 Å². The average Bonchev–Trinajstić information content (AvgIpc) is 2.14. The smallest absolute Gasteiger partial charge is 0.215 e. The van der Waals surface area contributed by atoms with Crippen LogP contribution in [-0.4, -0.2) is 63.2 Å². The second-order valence-corrected chi connectivity index (χ2v) is 8.45. The van der Waals surface area contributed by atoms with Gasteiger partial charge in [-0.15, -0.1) is 0 Å². The minimum absolute atomic E-state index is 0.0755. The lowest BCUT2D eigenvalue weighted by molar-refractivity contribution is 0.108. The summed E-state index contributed by atoms with van der Waals surface area (Å²) in [4.78, 5) is 0. The number of hydrogen-bond acceptors (Lipinski definition) is 5. The van der Waals surface area contributed by atoms with Gasteiger partial charge in [-0.2, -0.15) is 4.31 Å². The van der Waals surface area contributed by atoms with Crippen molar-refractivity contribution in [3.05, 3.63) is 0 Å². The number of hydrogen-bond donors (Lipinski definition) is 1. The Morgan fingerprint density at radius 3 is 2.38 bits per heavy atom. The lowest BCUT2D eigenvalue weighted by Gasteiger charge is -2.29. The summed E-state index contributed by atoms with van der Waals surface area (Å²) in [5.41, 5.74) is 0. The molecule has 0 radical (unpaired) electrons. The largest absolute Gasteiger partial charge is 0.392 e. The summed E-state index contributed by atoms with van der Waals surface area (Å²) < 4.78 is 46.4. The van der Waals surface area contributed by atoms with E-state index in [4.69, 9.17) is 0 Å². The molecule has 1 N–H and O–H groups in total. The van der Waals surface area contributed by atoms with Crippen LogP contribution in [0.25, 0.3) is 0 Å². The Morgan fingerprint density at radius 2 is 1.88 bits per heavy atom. The molecular weight excluding hydrogens is 254 g/mol. The van der Waals surface area contributed by atoms with Crippen molar-refractivity contribution in [1.82, 2.24) is 4.31 Å². The third-order valence-electron chi connectivity index (χ3n) is 2.46. The van der Waals surface area contributed by atoms with Crippen LogP contribution in [0, 0.1) is 0 Å². The zero-order chi connectivity index (χ0) is 12.4. The lowest BCUT2D eigenvalue weighted by atomic mass is 10.1. The van der Waals surface area contributed by atoms with Gasteiger partial charge < -0.3 is 5.11 Å². The molecule has 1 aliphatic rings. The second-order valence-electron chi connectivity index (χ2n) is 4.10. The molecular formula is C8H17NO5S2. The van der Waals surface area contributed by atoms with E-state index in [2.05, 4.69) is 0 Å². The summed E-state index contributed by atoms with van der Waals surface area (Å²) in [6.45, 7) is 0.440. The van der Waals surface area contributed by atoms with E-state index in [0.29, 0.717) is 19.4 Å². The molecule has 0 aromatic rings. The Hall–Kier alpha value is -0.180. The van der Waals surface area contributed by atoms with E-state index in [0.717, 1.165) is 6.26 Å². The van der Waals surface area contributed by atoms with Crippen LogP contribution in [0.1, 0.15) is 12.8 Å². The summed E-state index contributed by atoms with van der Waals surface area (Å²) in [6.07, 6.45) is 1.58. The molecule has 1 fully saturated rings. The van der Waals surface area contributed by atoms with E-state index in [1.807, 2.05) is 0 Å². The molecule has 1 rings (SSSR count). The van der Waals surface area contributed by atoms with Crippen LogP contribution >= 0.6 is 0 Å². The van der Waals surface area contributed by atoms with E-state index in [1.54, 1.807) is 0 Å². The van der Waals surface area contributed by atoms with Crippen molar-refractivity contribution in [1.29, 1.82) is 0 Å². The summed E-state index contributed by atoms with van der Waals surface area (Å²) in [7, 11) is -6.83. The van der Waals surface area contributed by atoms with Gasteiger partial charge in [0, 0.05) is 19.3 Å². The third kappa shape index (κ3) is 4.36. The quantitative estimate of drug-likeness (QED) is 0.694. The normalized spacial score (nSPS) is 24.5. The van der Waals surface area contributed by atoms with Crippen LogP contribution in [0.5, 0.6) is 0 Å². The van der Waals surface area contributed by atoms with E-state index in [-0.39, 0.29) is 12.3 Å². The molecule has 0 aromatic carbocycles. The van der Waals surface area contributed by atoms with E-state index in [9.17, 15) is 21.9 Å². The highest BCUT2D eigenvalue weighted by atomic mass is 32.2. The third-order valence-corrected chi connectivity index (χ3v) is 5.51. The molecule has 8 heteroatoms. The topological polar surface area (TPSA) is 91.8 Å². The number of rotatable bonds is 4. The number of sulfone groups is 1. The highest BCUT2D eigenvalue weighted by molar-refractivity contribution is 7.93. The molecule has 0 bridgehead atoms. The molecule has 0 saturated carbocycles. The van der Waals surface area contributed by atoms with Crippen molar-refractivity contribution in [3.8, 4) is 0 Å². The Labute approximate surface area is 96.2 Å². The Balaban J connectivity index is 2.63. The molecule has 16 heavy (non-hydrogen) atoms. The highest BCUT2D eigenvalue weighted by Gasteiger charge is 2.28. The predicted molar refractivity (Wildman–Crippen MR) is 60.3 cm³/mol. The molecule has 1 aliphatic heterocycles. The molecule has 0 aliphatic carbocycles. The first kappa shape index (κ1) is 13.9. The monoisotopic (exact) mass is 271 g/mol. The van der Waals surface area contributed by atoms with Gasteiger partial charge in [0.1, 0.15) is 9.84 Å². The van der Waals surface area contributed by atoms with Crippen LogP contribution < -0.4 is 0 Å². The van der Waals surface area contributed by atoms with Crippen LogP contribution in [0.15, 0.2) is 0 Å². The van der Waals surface area contributed by atoms with Gasteiger partial charge in [0.2, 0.25) is 10.0 Å². The molecule has 6 nitrogen and oxygen atoms in total. The Morgan fingerprint density at radius 1 is 1.25 bits per heavy atom. The van der Waals surface area contributed by atoms with Crippen molar-refractivity contribution in [2.24, 2.45) is 0 Å². The minimum Gasteiger partial charge on any atom is -0.392 e. The minimum atomic E-state index is -3.56. The van der Waals surface area contributed by atoms with E-state index in [1.165, 1.54) is 4.31 Å². The van der Waals surface area contributed by atoms with Crippen LogP contribution in [0.2, 0.25) is 0 Å². The molecule has 1 saturated heterocycles. The summed E-state index contributed by atoms with van der Waals surface area (Å²) in [6, 6.07) is 0. The molecule has 0 spiro atoms. The number of sulfonamides is 1. The fraction of sp³-hybridized carbons (Fsp3) is 1.00. The standard InChI is InChI=1S/C8H17NO5S2/c1-15(11,12)5-6-16(13,14)9-4-2-3-8(10)7-9/h8,10H,2-7H2,1H3. The van der Waals surface area contributed by atoms with Crippen molar-refractivity contribution >= 4 is 19.9 Å². The maximum atomic E-state index is 11.7. The summed E-state index contributed by atoms with van der Waals surface area (Å²) in [5, 5.41) is 9.35. The van der Waals surface area contributed by atoms with E-state index < -0.39 is 31.7 Å². The Bertz CT molecular complexity index is 427. The number of nitrogens with zero attached hydrogens (tertiary/aromatic N) is 1. The second kappa shape index (κ2) is 4.99. The highest BCUT2D eigenvalue weighted by Crippen LogP contribution is 2.14. The molecule has 96 valence electrons. The number of β-amino-alcohol motifs (C(OH)–C–C–N with tert-alkyl or cyclic N) is 1. The fourth-order valence-corrected chi connectivity index (χ4v) is 4.68. The molecule has 0 amide bonds. The van der Waals surface area contributed by atoms with Crippen molar-refractivity contribution in [2.75, 3.05) is 30.9 Å². The molecule has 1 heterocycles. The molecule has 1 atom stereocenters. The Kier molecular flexibility index (Phi) is 4.33. The van der Waals surface area contributed by atoms with Crippen molar-refractivity contribution < 1.29 is 21.9 Å². The molecule has 1 unspecified atom stereocenters. The SMILES string of the molecule is CS(=O)(=O)CCS(=O)(=O)N1CCCC(O)C1. The van der Waals surface area contributed by atoms with Gasteiger partial charge in [0.15, 0.2) is 0 Å². The maximum Gasteiger partial charge on any atom is 0.215 e. The number of aliphatic hydroxyl groups is 1. The molecule has 0 aromatic heterocycles. The first-order chi connectivity index (χ1) is 7.21. The lowest BCUT2D eigenvalue weighted by Crippen LogP contribution is -2.43. The maximum absolute atomic E-state index is 11.7. The first-order valence-electron chi connectivity index (χ1n) is 5.04.